The number of nitrogens with one attached hydrogen (secondary N) is 11. The number of carbonyl (C=O) groups excluding carboxylic acids is 10. The summed E-state index contributed by atoms with van der Waals surface area (Å²) in [4.78, 5) is 156. The van der Waals surface area contributed by atoms with E-state index in [9.17, 15) is 47.9 Å². The summed E-state index contributed by atoms with van der Waals surface area (Å²) < 4.78 is 1.40. The van der Waals surface area contributed by atoms with Gasteiger partial charge in [0.1, 0.15) is 48.0 Å². The Morgan fingerprint density at radius 3 is 1.91 bits per heavy atom. The number of para-hydroxylation sites is 1. The Balaban J connectivity index is 1.37. The molecule has 5 aromatic rings. The fraction of sp³-hybridized carbons (Fsp3) is 0.414. The van der Waals surface area contributed by atoms with E-state index in [1.165, 1.54) is 11.1 Å². The fourth-order valence-corrected chi connectivity index (χ4v) is 9.27. The lowest BCUT2D eigenvalue weighted by molar-refractivity contribution is -0.894. The number of hydrogen-bond acceptors (Lipinski definition) is 12. The number of hydrogen-bond donors (Lipinski definition) is 14. The molecule has 0 spiro atoms. The minimum absolute atomic E-state index is 0.0310. The second kappa shape index (κ2) is 31.6. The van der Waals surface area contributed by atoms with Crippen LogP contribution in [0.15, 0.2) is 109 Å². The molecule has 3 heterocycles. The Bertz CT molecular complexity index is 3160. The topological polar surface area (TPSA) is 414 Å². The van der Waals surface area contributed by atoms with Crippen molar-refractivity contribution >= 4 is 75.9 Å². The van der Waals surface area contributed by atoms with Crippen molar-refractivity contribution in [3.8, 4) is 0 Å². The molecule has 2 aromatic heterocycles. The second-order valence-electron chi connectivity index (χ2n) is 21.3. The van der Waals surface area contributed by atoms with Gasteiger partial charge in [0.25, 0.3) is 6.33 Å². The highest BCUT2D eigenvalue weighted by Gasteiger charge is 2.37. The lowest BCUT2D eigenvalue weighted by atomic mass is 9.98. The third kappa shape index (κ3) is 20.2. The van der Waals surface area contributed by atoms with Gasteiger partial charge in [-0.15, -0.1) is 0 Å². The molecule has 0 bridgehead atoms. The van der Waals surface area contributed by atoms with Crippen molar-refractivity contribution in [3.63, 3.8) is 0 Å². The van der Waals surface area contributed by atoms with E-state index < -0.39 is 139 Å². The van der Waals surface area contributed by atoms with Gasteiger partial charge in [-0.25, -0.2) is 4.98 Å². The Kier molecular flexibility index (Phi) is 23.9. The van der Waals surface area contributed by atoms with Crippen molar-refractivity contribution in [2.45, 2.75) is 122 Å². The first-order chi connectivity index (χ1) is 40.6. The molecule has 0 aliphatic carbocycles. The van der Waals surface area contributed by atoms with Crippen molar-refractivity contribution in [2.75, 3.05) is 19.6 Å². The molecular weight excluding hydrogens is 1100 g/mol. The lowest BCUT2D eigenvalue weighted by Gasteiger charge is -2.29. The molecule has 6 rings (SSSR count). The Hall–Kier alpha value is -9.82. The SMILES string of the molecule is CC(C)[C@H](NC(=O)[C@@H]1CCC(=O)NCC(=O)N[C@H](Cc2c[n+](OCc3ccccc3)c[nH]2)C(=O)N[C@H](Cc2ccccc2)C(=O)N[C@H](CCCN=C(N)N)C(=O)N[C@@H](Cc2c[nH]c3ccccc23)C(=O)N1)C(=O)N[C@H](C(=O)NCC(N)=O)C(C)C. The highest BCUT2D eigenvalue weighted by atomic mass is 16.7. The number of benzene rings is 3. The number of nitrogens with zero attached hydrogens (tertiary/aromatic N) is 2. The number of aliphatic imine (C=N–C) groups is 1. The number of carbonyl (C=O) groups is 10. The van der Waals surface area contributed by atoms with Crippen LogP contribution < -0.4 is 74.6 Å². The van der Waals surface area contributed by atoms with Crippen LogP contribution in [0.3, 0.4) is 0 Å². The van der Waals surface area contributed by atoms with Gasteiger partial charge in [-0.1, -0.05) is 111 Å². The average molecular weight is 1170 g/mol. The maximum Gasteiger partial charge on any atom is 0.282 e. The van der Waals surface area contributed by atoms with Crippen molar-refractivity contribution in [1.82, 2.24) is 57.8 Å². The number of aromatic nitrogens is 3. The summed E-state index contributed by atoms with van der Waals surface area (Å²) in [7, 11) is 0. The van der Waals surface area contributed by atoms with E-state index in [2.05, 4.69) is 62.8 Å². The normalized spacial score (nSPS) is 19.2. The number of rotatable bonds is 22. The van der Waals surface area contributed by atoms with Gasteiger partial charge in [0.2, 0.25) is 59.1 Å². The lowest BCUT2D eigenvalue weighted by Crippen LogP contribution is -2.61. The van der Waals surface area contributed by atoms with Crippen molar-refractivity contribution in [1.29, 1.82) is 0 Å². The van der Waals surface area contributed by atoms with Gasteiger partial charge < -0.3 is 74.9 Å². The van der Waals surface area contributed by atoms with E-state index >= 15 is 0 Å². The first-order valence-corrected chi connectivity index (χ1v) is 28.0. The Morgan fingerprint density at radius 2 is 1.25 bits per heavy atom. The van der Waals surface area contributed by atoms with Gasteiger partial charge in [-0.3, -0.25) is 52.9 Å². The molecule has 3 aromatic carbocycles. The summed E-state index contributed by atoms with van der Waals surface area (Å²) in [6.45, 7) is 5.63. The molecule has 85 heavy (non-hydrogen) atoms. The quantitative estimate of drug-likeness (QED) is 0.0150. The van der Waals surface area contributed by atoms with E-state index in [0.717, 1.165) is 5.56 Å². The zero-order chi connectivity index (χ0) is 61.6. The molecule has 17 N–H and O–H groups in total. The minimum atomic E-state index is -1.60. The van der Waals surface area contributed by atoms with Crippen LogP contribution in [0, 0.1) is 11.8 Å². The Morgan fingerprint density at radius 1 is 0.659 bits per heavy atom. The molecule has 1 aliphatic heterocycles. The van der Waals surface area contributed by atoms with Crippen molar-refractivity contribution < 1.29 is 57.5 Å². The van der Waals surface area contributed by atoms with E-state index in [1.807, 2.05) is 36.4 Å². The summed E-state index contributed by atoms with van der Waals surface area (Å²) in [6.07, 6.45) is 3.42. The molecule has 27 heteroatoms. The monoisotopic (exact) mass is 1170 g/mol. The summed E-state index contributed by atoms with van der Waals surface area (Å²) in [5.74, 6) is -9.57. The number of nitrogens with two attached hydrogens (primary N) is 3. The third-order valence-electron chi connectivity index (χ3n) is 13.9. The van der Waals surface area contributed by atoms with Crippen LogP contribution in [0.4, 0.5) is 0 Å². The number of fused-ring (bicyclic) bond motifs is 1. The van der Waals surface area contributed by atoms with Crippen LogP contribution in [0.25, 0.3) is 10.9 Å². The fourth-order valence-electron chi connectivity index (χ4n) is 9.27. The van der Waals surface area contributed by atoms with E-state index in [-0.39, 0.29) is 51.2 Å². The van der Waals surface area contributed by atoms with E-state index in [0.29, 0.717) is 27.7 Å². The number of imidazole rings is 1. The summed E-state index contributed by atoms with van der Waals surface area (Å²) in [5, 5.41) is 24.6. The maximum absolute atomic E-state index is 14.9. The highest BCUT2D eigenvalue weighted by Crippen LogP contribution is 2.20. The first kappa shape index (κ1) is 64.3. The number of H-pyrrole nitrogens is 2. The molecule has 0 unspecified atom stereocenters. The summed E-state index contributed by atoms with van der Waals surface area (Å²) in [5.41, 5.74) is 19.7. The van der Waals surface area contributed by atoms with Crippen LogP contribution in [0.2, 0.25) is 0 Å². The molecule has 10 amide bonds. The van der Waals surface area contributed by atoms with Crippen LogP contribution in [0.5, 0.6) is 0 Å². The van der Waals surface area contributed by atoms with E-state index in [1.54, 1.807) is 88.6 Å². The van der Waals surface area contributed by atoms with Crippen LogP contribution in [-0.4, -0.2) is 137 Å². The predicted molar refractivity (Wildman–Crippen MR) is 311 cm³/mol. The average Bonchev–Trinajstić information content (AvgIpc) is 4.00. The Labute approximate surface area is 490 Å². The molecular formula is C58H77N16O11+. The van der Waals surface area contributed by atoms with Crippen molar-refractivity contribution in [3.05, 3.63) is 126 Å². The molecule has 454 valence electrons. The largest absolute Gasteiger partial charge is 0.370 e. The van der Waals surface area contributed by atoms with Crippen molar-refractivity contribution in [2.24, 2.45) is 34.0 Å². The molecule has 0 saturated carbocycles. The highest BCUT2D eigenvalue weighted by molar-refractivity contribution is 5.99. The number of primary amides is 1. The van der Waals surface area contributed by atoms with Gasteiger partial charge in [-0.05, 0) is 53.9 Å². The summed E-state index contributed by atoms with van der Waals surface area (Å²) >= 11 is 0. The third-order valence-corrected chi connectivity index (χ3v) is 13.9. The first-order valence-electron chi connectivity index (χ1n) is 28.0. The van der Waals surface area contributed by atoms with Gasteiger partial charge in [0.15, 0.2) is 18.8 Å². The molecule has 1 saturated heterocycles. The predicted octanol–water partition coefficient (Wildman–Crippen LogP) is -2.29. The number of amides is 10. The molecule has 1 fully saturated rings. The standard InChI is InChI=1S/C58H76N16O11/c1-33(2)49(56(83)65-28-46(59)75)73-57(84)50(34(3)4)72-52(79)42-21-22-47(76)64-29-48(77)67-45(26-38-30-74(32-66-38)85-31-36-16-9-6-10-17-36)55(82)70-43(24-35-14-7-5-8-15-35)53(80)68-41(20-13-23-62-58(60)61)51(78)71-44(54(81)69-42)25-37-27-63-40-19-12-11-18-39(37)40/h5-12,14-19,27,30,32-34,41-45,49-50,63H,13,20-26,28-29,31H2,1-4H3,(H15,59,60,61,62,64,65,67,68,69,70,71,72,73,75,76,77,78,79,80,81,82,83,84)/p+1/t41-,42+,43-,44+,45-,49+,50+/m1/s1. The maximum atomic E-state index is 14.9. The van der Waals surface area contributed by atoms with Gasteiger partial charge >= 0.3 is 0 Å². The van der Waals surface area contributed by atoms with Gasteiger partial charge in [0, 0.05) is 49.3 Å². The van der Waals surface area contributed by atoms with Gasteiger partial charge in [0.05, 0.1) is 13.1 Å². The molecule has 27 nitrogen and oxygen atoms in total. The zero-order valence-corrected chi connectivity index (χ0v) is 47.9. The van der Waals surface area contributed by atoms with Gasteiger partial charge in [-0.2, -0.15) is 0 Å². The van der Waals surface area contributed by atoms with E-state index in [4.69, 9.17) is 22.0 Å². The molecule has 1 aliphatic rings. The zero-order valence-electron chi connectivity index (χ0n) is 47.9. The van der Waals surface area contributed by atoms with Crippen LogP contribution in [0.1, 0.15) is 75.8 Å². The minimum Gasteiger partial charge on any atom is -0.370 e. The molecule has 7 atom stereocenters. The van der Waals surface area contributed by atoms with Crippen LogP contribution >= 0.6 is 0 Å². The molecule has 0 radical (unpaired) electrons. The smallest absolute Gasteiger partial charge is 0.282 e. The number of aromatic amines is 2. The number of guanidine groups is 1. The summed E-state index contributed by atoms with van der Waals surface area (Å²) in [6, 6.07) is 15.5. The second-order valence-corrected chi connectivity index (χ2v) is 21.3. The van der Waals surface area contributed by atoms with Crippen LogP contribution in [-0.2, 0) is 73.8 Å².